The van der Waals surface area contributed by atoms with Crippen molar-refractivity contribution < 1.29 is 4.74 Å². The average molecular weight is 199 g/mol. The fraction of sp³-hybridized carbons (Fsp3) is 0.625. The average Bonchev–Trinajstić information content (AvgIpc) is 2.43. The van der Waals surface area contributed by atoms with Gasteiger partial charge >= 0.3 is 0 Å². The topological polar surface area (TPSA) is 60.2 Å². The zero-order valence-electron chi connectivity index (χ0n) is 7.49. The molecule has 0 unspecified atom stereocenters. The highest BCUT2D eigenvalue weighted by Crippen LogP contribution is 2.28. The van der Waals surface area contributed by atoms with Crippen LogP contribution in [0.4, 0.5) is 10.8 Å². The lowest BCUT2D eigenvalue weighted by Crippen LogP contribution is -2.39. The van der Waals surface area contributed by atoms with Crippen LogP contribution in [0.2, 0.25) is 0 Å². The van der Waals surface area contributed by atoms with Gasteiger partial charge in [0.05, 0.1) is 6.10 Å². The summed E-state index contributed by atoms with van der Waals surface area (Å²) in [5.41, 5.74) is 5.50. The summed E-state index contributed by atoms with van der Waals surface area (Å²) < 4.78 is 9.18. The van der Waals surface area contributed by atoms with Gasteiger partial charge in [-0.15, -0.1) is 0 Å². The molecule has 0 amide bonds. The van der Waals surface area contributed by atoms with Gasteiger partial charge in [-0.25, -0.2) is 0 Å². The molecule has 3 N–H and O–H groups in total. The van der Waals surface area contributed by atoms with Gasteiger partial charge in [-0.05, 0) is 24.4 Å². The molecule has 4 nitrogen and oxygen atoms in total. The molecule has 0 aliphatic heterocycles. The first-order chi connectivity index (χ1) is 6.28. The first-order valence-electron chi connectivity index (χ1n) is 4.29. The highest BCUT2D eigenvalue weighted by Gasteiger charge is 2.28. The van der Waals surface area contributed by atoms with Gasteiger partial charge in [0, 0.05) is 19.2 Å². The van der Waals surface area contributed by atoms with E-state index in [1.165, 1.54) is 11.5 Å². The molecule has 1 heterocycles. The molecule has 1 aliphatic carbocycles. The Morgan fingerprint density at radius 3 is 3.00 bits per heavy atom. The molecule has 1 fully saturated rings. The van der Waals surface area contributed by atoms with Gasteiger partial charge in [0.2, 0.25) is 0 Å². The van der Waals surface area contributed by atoms with Crippen molar-refractivity contribution in [1.82, 2.24) is 4.37 Å². The van der Waals surface area contributed by atoms with Crippen LogP contribution in [0.5, 0.6) is 0 Å². The smallest absolute Gasteiger partial charge is 0.139 e. The van der Waals surface area contributed by atoms with Crippen LogP contribution in [0, 0.1) is 0 Å². The summed E-state index contributed by atoms with van der Waals surface area (Å²) in [5, 5.41) is 4.41. The first kappa shape index (κ1) is 8.77. The lowest BCUT2D eigenvalue weighted by Gasteiger charge is -2.34. The number of nitrogens with one attached hydrogen (secondary N) is 1. The Bertz CT molecular complexity index is 283. The molecule has 0 saturated heterocycles. The number of nitrogen functional groups attached to an aromatic ring is 1. The van der Waals surface area contributed by atoms with E-state index in [4.69, 9.17) is 10.5 Å². The summed E-state index contributed by atoms with van der Waals surface area (Å²) in [6.45, 7) is 0. The van der Waals surface area contributed by atoms with E-state index in [-0.39, 0.29) is 0 Å². The summed E-state index contributed by atoms with van der Waals surface area (Å²) in [5.74, 6) is 0.593. The Labute approximate surface area is 81.3 Å². The zero-order valence-corrected chi connectivity index (χ0v) is 8.30. The molecule has 1 aliphatic rings. The number of nitrogens with two attached hydrogens (primary N) is 1. The Kier molecular flexibility index (Phi) is 2.37. The second-order valence-corrected chi connectivity index (χ2v) is 4.09. The quantitative estimate of drug-likeness (QED) is 0.770. The number of nitrogens with zero attached hydrogens (tertiary/aromatic N) is 1. The maximum atomic E-state index is 5.50. The maximum Gasteiger partial charge on any atom is 0.139 e. The van der Waals surface area contributed by atoms with Crippen LogP contribution in [0.1, 0.15) is 12.8 Å². The van der Waals surface area contributed by atoms with Crippen molar-refractivity contribution >= 4 is 22.4 Å². The first-order valence-corrected chi connectivity index (χ1v) is 5.07. The molecule has 0 bridgehead atoms. The second-order valence-electron chi connectivity index (χ2n) is 3.29. The molecule has 0 aromatic carbocycles. The fourth-order valence-corrected chi connectivity index (χ4v) is 2.08. The van der Waals surface area contributed by atoms with Gasteiger partial charge in [0.25, 0.3) is 0 Å². The van der Waals surface area contributed by atoms with Crippen LogP contribution in [0.15, 0.2) is 6.07 Å². The third-order valence-electron chi connectivity index (χ3n) is 2.30. The van der Waals surface area contributed by atoms with Crippen molar-refractivity contribution in [2.75, 3.05) is 18.2 Å². The van der Waals surface area contributed by atoms with Crippen LogP contribution in [-0.2, 0) is 4.74 Å². The van der Waals surface area contributed by atoms with E-state index in [9.17, 15) is 0 Å². The van der Waals surface area contributed by atoms with Gasteiger partial charge in [-0.2, -0.15) is 4.37 Å². The van der Waals surface area contributed by atoms with Gasteiger partial charge in [-0.3, -0.25) is 0 Å². The van der Waals surface area contributed by atoms with Crippen molar-refractivity contribution in [1.29, 1.82) is 0 Å². The van der Waals surface area contributed by atoms with Gasteiger partial charge in [-0.1, -0.05) is 0 Å². The minimum absolute atomic E-state index is 0.433. The summed E-state index contributed by atoms with van der Waals surface area (Å²) in [6, 6.07) is 2.40. The Hall–Kier alpha value is -0.810. The number of aromatic nitrogens is 1. The zero-order chi connectivity index (χ0) is 9.26. The van der Waals surface area contributed by atoms with Crippen molar-refractivity contribution in [3.8, 4) is 0 Å². The molecule has 5 heteroatoms. The standard InChI is InChI=1S/C8H13N3OS/c1-12-6-2-5(3-6)10-8-4-7(9)11-13-8/h4-6,10H,2-3H2,1H3,(H2,9,11). The Balaban J connectivity index is 1.81. The second kappa shape index (κ2) is 3.51. The Morgan fingerprint density at radius 2 is 2.46 bits per heavy atom. The van der Waals surface area contributed by atoms with Crippen molar-refractivity contribution in [2.45, 2.75) is 25.0 Å². The van der Waals surface area contributed by atoms with Crippen LogP contribution >= 0.6 is 11.5 Å². The number of hydrogen-bond acceptors (Lipinski definition) is 5. The van der Waals surface area contributed by atoms with Crippen LogP contribution < -0.4 is 11.1 Å². The molecule has 0 spiro atoms. The molecular formula is C8H13N3OS. The minimum Gasteiger partial charge on any atom is -0.383 e. The van der Waals surface area contributed by atoms with Gasteiger partial charge < -0.3 is 15.8 Å². The number of anilines is 2. The van der Waals surface area contributed by atoms with Gasteiger partial charge in [0.15, 0.2) is 0 Å². The third-order valence-corrected chi connectivity index (χ3v) is 3.04. The molecule has 1 saturated carbocycles. The highest BCUT2D eigenvalue weighted by molar-refractivity contribution is 7.10. The number of ether oxygens (including phenoxy) is 1. The summed E-state index contributed by atoms with van der Waals surface area (Å²) in [6.07, 6.45) is 2.59. The summed E-state index contributed by atoms with van der Waals surface area (Å²) in [4.78, 5) is 0. The monoisotopic (exact) mass is 199 g/mol. The third kappa shape index (κ3) is 1.92. The molecule has 2 rings (SSSR count). The van der Waals surface area contributed by atoms with Crippen LogP contribution in [0.3, 0.4) is 0 Å². The summed E-state index contributed by atoms with van der Waals surface area (Å²) >= 11 is 1.41. The van der Waals surface area contributed by atoms with Crippen LogP contribution in [0.25, 0.3) is 0 Å². The van der Waals surface area contributed by atoms with E-state index in [0.29, 0.717) is 18.0 Å². The van der Waals surface area contributed by atoms with E-state index < -0.39 is 0 Å². The fourth-order valence-electron chi connectivity index (χ4n) is 1.43. The number of rotatable bonds is 3. The van der Waals surface area contributed by atoms with Gasteiger partial charge in [0.1, 0.15) is 10.8 Å². The minimum atomic E-state index is 0.433. The van der Waals surface area contributed by atoms with Crippen molar-refractivity contribution in [3.63, 3.8) is 0 Å². The van der Waals surface area contributed by atoms with Crippen LogP contribution in [-0.4, -0.2) is 23.6 Å². The number of methoxy groups -OCH3 is 1. The lowest BCUT2D eigenvalue weighted by molar-refractivity contribution is 0.0329. The normalized spacial score (nSPS) is 26.8. The predicted octanol–water partition coefficient (Wildman–Crippen LogP) is 1.31. The number of hydrogen-bond donors (Lipinski definition) is 2. The maximum absolute atomic E-state index is 5.50. The van der Waals surface area contributed by atoms with E-state index in [2.05, 4.69) is 9.69 Å². The molecule has 0 atom stereocenters. The lowest BCUT2D eigenvalue weighted by atomic mass is 9.89. The summed E-state index contributed by atoms with van der Waals surface area (Å²) in [7, 11) is 1.76. The van der Waals surface area contributed by atoms with E-state index in [0.717, 1.165) is 17.8 Å². The van der Waals surface area contributed by atoms with E-state index >= 15 is 0 Å². The molecule has 13 heavy (non-hydrogen) atoms. The molecule has 1 aromatic rings. The molecule has 72 valence electrons. The molecule has 0 radical (unpaired) electrons. The SMILES string of the molecule is COC1CC(Nc2cc(N)ns2)C1. The largest absolute Gasteiger partial charge is 0.383 e. The van der Waals surface area contributed by atoms with Crippen molar-refractivity contribution in [3.05, 3.63) is 6.07 Å². The highest BCUT2D eigenvalue weighted by atomic mass is 32.1. The molecular weight excluding hydrogens is 186 g/mol. The molecule has 1 aromatic heterocycles. The van der Waals surface area contributed by atoms with Crippen molar-refractivity contribution in [2.24, 2.45) is 0 Å². The van der Waals surface area contributed by atoms with E-state index in [1.54, 1.807) is 7.11 Å². The van der Waals surface area contributed by atoms with E-state index in [1.807, 2.05) is 6.07 Å². The predicted molar refractivity (Wildman–Crippen MR) is 54.0 cm³/mol. The Morgan fingerprint density at radius 1 is 1.69 bits per heavy atom.